The Morgan fingerprint density at radius 1 is 1.30 bits per heavy atom. The van der Waals surface area contributed by atoms with Crippen LogP contribution in [0, 0.1) is 18.3 Å². The Balaban J connectivity index is 0.000000244. The largest absolute Gasteiger partial charge is 0.350 e. The zero-order chi connectivity index (χ0) is 20.1. The molecule has 2 fully saturated rings. The minimum absolute atomic E-state index is 0.117. The smallest absolute Gasteiger partial charge is 0.234 e. The lowest BCUT2D eigenvalue weighted by molar-refractivity contribution is -0.133. The minimum Gasteiger partial charge on any atom is -0.350 e. The Morgan fingerprint density at radius 3 is 2.44 bits per heavy atom. The second-order valence-corrected chi connectivity index (χ2v) is 9.31. The van der Waals surface area contributed by atoms with Gasteiger partial charge in [0, 0.05) is 24.2 Å². The van der Waals surface area contributed by atoms with Crippen LogP contribution in [0.4, 0.5) is 0 Å². The van der Waals surface area contributed by atoms with Crippen molar-refractivity contribution in [2.24, 2.45) is 11.3 Å². The predicted molar refractivity (Wildman–Crippen MR) is 110 cm³/mol. The van der Waals surface area contributed by atoms with Crippen LogP contribution in [-0.4, -0.2) is 55.9 Å². The van der Waals surface area contributed by atoms with Crippen LogP contribution >= 0.6 is 0 Å². The van der Waals surface area contributed by atoms with Crippen molar-refractivity contribution in [1.29, 1.82) is 0 Å². The number of aldehydes is 1. The third-order valence-corrected chi connectivity index (χ3v) is 5.11. The van der Waals surface area contributed by atoms with Crippen LogP contribution in [0.5, 0.6) is 0 Å². The van der Waals surface area contributed by atoms with Gasteiger partial charge in [0.15, 0.2) is 0 Å². The molecule has 1 saturated heterocycles. The molecule has 1 aliphatic carbocycles. The van der Waals surface area contributed by atoms with Gasteiger partial charge in [-0.3, -0.25) is 14.5 Å². The number of hydrogen-bond donors (Lipinski definition) is 2. The van der Waals surface area contributed by atoms with Crippen LogP contribution in [0.1, 0.15) is 49.5 Å². The average Bonchev–Trinajstić information content (AvgIpc) is 2.49. The van der Waals surface area contributed by atoms with E-state index in [4.69, 9.17) is 0 Å². The van der Waals surface area contributed by atoms with E-state index in [0.29, 0.717) is 12.0 Å². The molecule has 0 radical (unpaired) electrons. The van der Waals surface area contributed by atoms with Crippen molar-refractivity contribution in [3.63, 3.8) is 0 Å². The standard InChI is InChI=1S/C14H27N3O.C8H8O/c1-13(2,3)16-12(18)8-17-9-14(10-17)5-11(6-14)7-15-4;1-7-3-2-4-8(5-7)6-9/h11,15H,5-10H2,1-4H3,(H,16,18);2-6H,1H3. The van der Waals surface area contributed by atoms with E-state index >= 15 is 0 Å². The van der Waals surface area contributed by atoms with Crippen LogP contribution in [-0.2, 0) is 4.79 Å². The molecule has 1 aliphatic heterocycles. The Labute approximate surface area is 163 Å². The van der Waals surface area contributed by atoms with Gasteiger partial charge in [0.2, 0.25) is 5.91 Å². The summed E-state index contributed by atoms with van der Waals surface area (Å²) < 4.78 is 0. The Kier molecular flexibility index (Phi) is 7.18. The first-order chi connectivity index (χ1) is 12.6. The number of nitrogens with zero attached hydrogens (tertiary/aromatic N) is 1. The molecule has 1 amide bonds. The summed E-state index contributed by atoms with van der Waals surface area (Å²) in [6, 6.07) is 7.49. The number of carbonyl (C=O) groups is 2. The molecule has 27 heavy (non-hydrogen) atoms. The summed E-state index contributed by atoms with van der Waals surface area (Å²) in [5.74, 6) is 1.02. The maximum Gasteiger partial charge on any atom is 0.234 e. The van der Waals surface area contributed by atoms with Crippen LogP contribution in [0.25, 0.3) is 0 Å². The summed E-state index contributed by atoms with van der Waals surface area (Å²) in [6.45, 7) is 12.0. The quantitative estimate of drug-likeness (QED) is 0.779. The van der Waals surface area contributed by atoms with Crippen molar-refractivity contribution >= 4 is 12.2 Å². The average molecular weight is 374 g/mol. The maximum atomic E-state index is 11.8. The third kappa shape index (κ3) is 6.74. The molecular formula is C22H35N3O2. The summed E-state index contributed by atoms with van der Waals surface area (Å²) in [6.07, 6.45) is 3.53. The molecule has 1 heterocycles. The predicted octanol–water partition coefficient (Wildman–Crippen LogP) is 2.64. The second kappa shape index (κ2) is 8.98. The summed E-state index contributed by atoms with van der Waals surface area (Å²) >= 11 is 0. The molecule has 3 rings (SSSR count). The van der Waals surface area contributed by atoms with E-state index in [1.165, 1.54) is 12.8 Å². The highest BCUT2D eigenvalue weighted by molar-refractivity contribution is 5.78. The molecule has 0 unspecified atom stereocenters. The number of hydrogen-bond acceptors (Lipinski definition) is 4. The zero-order valence-electron chi connectivity index (χ0n) is 17.5. The zero-order valence-corrected chi connectivity index (χ0v) is 17.5. The van der Waals surface area contributed by atoms with Gasteiger partial charge in [0.1, 0.15) is 6.29 Å². The summed E-state index contributed by atoms with van der Waals surface area (Å²) in [4.78, 5) is 24.2. The van der Waals surface area contributed by atoms with E-state index in [1.54, 1.807) is 6.07 Å². The number of likely N-dealkylation sites (tertiary alicyclic amines) is 1. The van der Waals surface area contributed by atoms with Gasteiger partial charge in [-0.1, -0.05) is 23.8 Å². The SMILES string of the molecule is CNCC1CC2(C1)CN(CC(=O)NC(C)(C)C)C2.Cc1cccc(C=O)c1. The molecular weight excluding hydrogens is 338 g/mol. The molecule has 1 aromatic rings. The van der Waals surface area contributed by atoms with Gasteiger partial charge in [0.25, 0.3) is 0 Å². The monoisotopic (exact) mass is 373 g/mol. The number of aryl methyl sites for hydroxylation is 1. The van der Waals surface area contributed by atoms with Crippen LogP contribution in [0.2, 0.25) is 0 Å². The third-order valence-electron chi connectivity index (χ3n) is 5.11. The first-order valence-corrected chi connectivity index (χ1v) is 9.84. The molecule has 2 N–H and O–H groups in total. The highest BCUT2D eigenvalue weighted by Gasteiger charge is 2.51. The van der Waals surface area contributed by atoms with Crippen molar-refractivity contribution in [3.8, 4) is 0 Å². The van der Waals surface area contributed by atoms with E-state index in [1.807, 2.05) is 52.9 Å². The van der Waals surface area contributed by atoms with Gasteiger partial charge in [-0.25, -0.2) is 0 Å². The molecule has 0 bridgehead atoms. The highest BCUT2D eigenvalue weighted by atomic mass is 16.2. The van der Waals surface area contributed by atoms with E-state index < -0.39 is 0 Å². The summed E-state index contributed by atoms with van der Waals surface area (Å²) in [7, 11) is 2.02. The number of benzene rings is 1. The van der Waals surface area contributed by atoms with Gasteiger partial charge < -0.3 is 10.6 Å². The molecule has 5 heteroatoms. The van der Waals surface area contributed by atoms with Gasteiger partial charge in [-0.15, -0.1) is 0 Å². The van der Waals surface area contributed by atoms with Gasteiger partial charge in [0.05, 0.1) is 6.54 Å². The van der Waals surface area contributed by atoms with Crippen LogP contribution in [0.15, 0.2) is 24.3 Å². The lowest BCUT2D eigenvalue weighted by Crippen LogP contribution is -2.64. The molecule has 1 saturated carbocycles. The van der Waals surface area contributed by atoms with E-state index in [9.17, 15) is 9.59 Å². The molecule has 0 aromatic heterocycles. The van der Waals surface area contributed by atoms with E-state index in [-0.39, 0.29) is 11.4 Å². The topological polar surface area (TPSA) is 61.4 Å². The summed E-state index contributed by atoms with van der Waals surface area (Å²) in [5, 5.41) is 6.27. The number of nitrogens with one attached hydrogen (secondary N) is 2. The molecule has 150 valence electrons. The van der Waals surface area contributed by atoms with Crippen molar-refractivity contribution in [3.05, 3.63) is 35.4 Å². The highest BCUT2D eigenvalue weighted by Crippen LogP contribution is 2.51. The van der Waals surface area contributed by atoms with Crippen LogP contribution < -0.4 is 10.6 Å². The normalized spacial score (nSPS) is 18.7. The number of carbonyl (C=O) groups excluding carboxylic acids is 2. The molecule has 2 aliphatic rings. The molecule has 0 atom stereocenters. The lowest BCUT2D eigenvalue weighted by atomic mass is 9.57. The van der Waals surface area contributed by atoms with Crippen LogP contribution in [0.3, 0.4) is 0 Å². The van der Waals surface area contributed by atoms with E-state index in [0.717, 1.165) is 43.0 Å². The van der Waals surface area contributed by atoms with Crippen molar-refractivity contribution in [2.75, 3.05) is 33.2 Å². The van der Waals surface area contributed by atoms with Gasteiger partial charge in [-0.05, 0) is 71.5 Å². The Morgan fingerprint density at radius 2 is 1.96 bits per heavy atom. The van der Waals surface area contributed by atoms with Crippen molar-refractivity contribution in [2.45, 2.75) is 46.1 Å². The van der Waals surface area contributed by atoms with Crippen molar-refractivity contribution < 1.29 is 9.59 Å². The first kappa shape index (κ1) is 21.6. The molecule has 1 spiro atoms. The number of amides is 1. The van der Waals surface area contributed by atoms with Gasteiger partial charge >= 0.3 is 0 Å². The fraction of sp³-hybridized carbons (Fsp3) is 0.636. The molecule has 1 aromatic carbocycles. The van der Waals surface area contributed by atoms with Crippen molar-refractivity contribution in [1.82, 2.24) is 15.5 Å². The Bertz CT molecular complexity index is 637. The van der Waals surface area contributed by atoms with E-state index in [2.05, 4.69) is 15.5 Å². The second-order valence-electron chi connectivity index (χ2n) is 9.31. The Hall–Kier alpha value is -1.72. The fourth-order valence-corrected chi connectivity index (χ4v) is 4.27. The minimum atomic E-state index is -0.117. The number of rotatable bonds is 5. The first-order valence-electron chi connectivity index (χ1n) is 9.84. The molecule has 5 nitrogen and oxygen atoms in total. The fourth-order valence-electron chi connectivity index (χ4n) is 4.27. The lowest BCUT2D eigenvalue weighted by Gasteiger charge is -2.59. The summed E-state index contributed by atoms with van der Waals surface area (Å²) in [5.41, 5.74) is 2.31. The van der Waals surface area contributed by atoms with Gasteiger partial charge in [-0.2, -0.15) is 0 Å². The maximum absolute atomic E-state index is 11.8.